The van der Waals surface area contributed by atoms with E-state index in [4.69, 9.17) is 0 Å². The molecule has 2 atom stereocenters. The number of aromatic nitrogens is 7. The molecule has 2 unspecified atom stereocenters. The number of para-hydroxylation sites is 2. The number of nitrogens with zero attached hydrogens (tertiary/aromatic N) is 8. The summed E-state index contributed by atoms with van der Waals surface area (Å²) in [5, 5.41) is 56.5. The Bertz CT molecular complexity index is 1860. The van der Waals surface area contributed by atoms with Crippen LogP contribution in [0.2, 0.25) is 0 Å². The van der Waals surface area contributed by atoms with E-state index in [-0.39, 0.29) is 68.8 Å². The first kappa shape index (κ1) is 32.3. The van der Waals surface area contributed by atoms with E-state index in [1.807, 2.05) is 32.6 Å². The zero-order valence-electron chi connectivity index (χ0n) is 25.9. The lowest BCUT2D eigenvalue weighted by molar-refractivity contribution is 0.0596. The Morgan fingerprint density at radius 1 is 0.723 bits per heavy atom. The molecule has 0 radical (unpaired) electrons. The minimum Gasteiger partial charge on any atom is -0.505 e. The lowest BCUT2D eigenvalue weighted by Gasteiger charge is -2.34. The van der Waals surface area contributed by atoms with E-state index in [0.717, 1.165) is 12.8 Å². The molecule has 242 valence electrons. The molecule has 0 aliphatic rings. The summed E-state index contributed by atoms with van der Waals surface area (Å²) >= 11 is 0. The van der Waals surface area contributed by atoms with Gasteiger partial charge in [0.2, 0.25) is 0 Å². The number of rotatable bonds is 11. The van der Waals surface area contributed by atoms with Gasteiger partial charge < -0.3 is 25.3 Å². The summed E-state index contributed by atoms with van der Waals surface area (Å²) in [5.74, 6) is -3.88. The monoisotopic (exact) mass is 640 g/mol. The molecule has 0 bridgehead atoms. The van der Waals surface area contributed by atoms with Gasteiger partial charge in [0, 0.05) is 17.6 Å². The Morgan fingerprint density at radius 3 is 1.53 bits per heavy atom. The average molecular weight is 641 g/mol. The van der Waals surface area contributed by atoms with Gasteiger partial charge in [-0.05, 0) is 63.1 Å². The molecule has 5 aromatic rings. The van der Waals surface area contributed by atoms with Crippen LogP contribution in [0.4, 0.5) is 0 Å². The number of carboxylic acid groups (broad SMARTS) is 2. The molecule has 0 spiro atoms. The van der Waals surface area contributed by atoms with Crippen molar-refractivity contribution in [2.45, 2.75) is 52.6 Å². The van der Waals surface area contributed by atoms with E-state index in [2.05, 4.69) is 25.6 Å². The molecular weight excluding hydrogens is 608 g/mol. The van der Waals surface area contributed by atoms with Crippen molar-refractivity contribution in [2.24, 2.45) is 0 Å². The summed E-state index contributed by atoms with van der Waals surface area (Å²) in [6, 6.07) is 11.4. The van der Waals surface area contributed by atoms with Crippen LogP contribution in [0.1, 0.15) is 71.6 Å². The van der Waals surface area contributed by atoms with E-state index in [1.54, 1.807) is 12.1 Å². The van der Waals surface area contributed by atoms with Crippen LogP contribution < -0.4 is 0 Å². The maximum Gasteiger partial charge on any atom is 0.339 e. The van der Waals surface area contributed by atoms with E-state index in [1.165, 1.54) is 58.2 Å². The number of carbonyl (C=O) groups is 3. The van der Waals surface area contributed by atoms with Gasteiger partial charge in [0.1, 0.15) is 33.9 Å². The predicted octanol–water partition coefficient (Wildman–Crippen LogP) is 4.42. The van der Waals surface area contributed by atoms with Crippen LogP contribution in [0.25, 0.3) is 34.2 Å². The van der Waals surface area contributed by atoms with Gasteiger partial charge in [-0.15, -0.1) is 10.2 Å². The van der Waals surface area contributed by atoms with Crippen LogP contribution in [0.5, 0.6) is 11.5 Å². The van der Waals surface area contributed by atoms with E-state index >= 15 is 0 Å². The summed E-state index contributed by atoms with van der Waals surface area (Å²) in [7, 11) is 0. The molecule has 0 fully saturated rings. The fourth-order valence-electron chi connectivity index (χ4n) is 5.07. The maximum atomic E-state index is 14.1. The molecule has 0 aliphatic heterocycles. The molecule has 5 rings (SSSR count). The van der Waals surface area contributed by atoms with Gasteiger partial charge in [-0.2, -0.15) is 0 Å². The third-order valence-corrected chi connectivity index (χ3v) is 7.93. The molecule has 4 N–H and O–H groups in total. The van der Waals surface area contributed by atoms with E-state index in [0.29, 0.717) is 0 Å². The molecule has 47 heavy (non-hydrogen) atoms. The highest BCUT2D eigenvalue weighted by molar-refractivity contribution is 5.97. The van der Waals surface area contributed by atoms with Crippen molar-refractivity contribution >= 4 is 17.8 Å². The Kier molecular flexibility index (Phi) is 8.99. The second-order valence-electron chi connectivity index (χ2n) is 10.9. The van der Waals surface area contributed by atoms with Gasteiger partial charge in [0.25, 0.3) is 5.91 Å². The number of carbonyl (C=O) groups excluding carboxylic acids is 1. The van der Waals surface area contributed by atoms with Crippen LogP contribution in [-0.2, 0) is 0 Å². The van der Waals surface area contributed by atoms with Crippen molar-refractivity contribution in [1.29, 1.82) is 0 Å². The van der Waals surface area contributed by atoms with Gasteiger partial charge in [-0.3, -0.25) is 4.79 Å². The molecule has 3 aromatic heterocycles. The number of hydrogen-bond acceptors (Lipinski definition) is 10. The van der Waals surface area contributed by atoms with Gasteiger partial charge in [-0.25, -0.2) is 23.9 Å². The number of carboxylic acids is 2. The Hall–Kier alpha value is -6.12. The first-order valence-electron chi connectivity index (χ1n) is 14.8. The van der Waals surface area contributed by atoms with E-state index < -0.39 is 23.4 Å². The van der Waals surface area contributed by atoms with Crippen LogP contribution >= 0.6 is 0 Å². The summed E-state index contributed by atoms with van der Waals surface area (Å²) < 4.78 is 2.40. The highest BCUT2D eigenvalue weighted by Crippen LogP contribution is 2.30. The van der Waals surface area contributed by atoms with E-state index in [9.17, 15) is 34.8 Å². The molecule has 0 saturated carbocycles. The quantitative estimate of drug-likeness (QED) is 0.158. The fourth-order valence-corrected chi connectivity index (χ4v) is 5.07. The highest BCUT2D eigenvalue weighted by Gasteiger charge is 2.27. The molecule has 0 aliphatic carbocycles. The predicted molar refractivity (Wildman–Crippen MR) is 168 cm³/mol. The number of amides is 1. The molecule has 0 saturated heterocycles. The SMILES string of the molecule is CCC(C)N(C(=O)c1cc(-c2cn(-c3cccc(C(=O)O)c3O)nn2)nc(-c2cn(-c3cccc(C(=O)O)c3O)nn2)c1)C(C)CC. The number of aromatic carboxylic acids is 2. The van der Waals surface area contributed by atoms with Crippen LogP contribution in [0, 0.1) is 0 Å². The molecule has 15 nitrogen and oxygen atoms in total. The third-order valence-electron chi connectivity index (χ3n) is 7.93. The summed E-state index contributed by atoms with van der Waals surface area (Å²) in [6.07, 6.45) is 4.32. The topological polar surface area (TPSA) is 210 Å². The largest absolute Gasteiger partial charge is 0.505 e. The van der Waals surface area contributed by atoms with Gasteiger partial charge in [0.05, 0.1) is 23.8 Å². The number of hydrogen-bond donors (Lipinski definition) is 4. The zero-order chi connectivity index (χ0) is 34.0. The number of benzene rings is 2. The minimum atomic E-state index is -1.31. The summed E-state index contributed by atoms with van der Waals surface area (Å²) in [5.41, 5.74) is 0.661. The second-order valence-corrected chi connectivity index (χ2v) is 10.9. The third kappa shape index (κ3) is 6.22. The van der Waals surface area contributed by atoms with Gasteiger partial charge in [-0.1, -0.05) is 36.4 Å². The summed E-state index contributed by atoms with van der Waals surface area (Å²) in [4.78, 5) is 43.7. The number of pyridine rings is 1. The number of phenols is 2. The zero-order valence-corrected chi connectivity index (χ0v) is 25.9. The summed E-state index contributed by atoms with van der Waals surface area (Å²) in [6.45, 7) is 7.94. The molecule has 3 heterocycles. The van der Waals surface area contributed by atoms with Crippen LogP contribution in [-0.4, -0.2) is 90.2 Å². The van der Waals surface area contributed by atoms with Crippen molar-refractivity contribution in [3.63, 3.8) is 0 Å². The number of aromatic hydroxyl groups is 2. The van der Waals surface area contributed by atoms with Crippen molar-refractivity contribution in [2.75, 3.05) is 0 Å². The molecular formula is C32H32N8O7. The lowest BCUT2D eigenvalue weighted by Crippen LogP contribution is -2.44. The Labute approximate surface area is 268 Å². The first-order chi connectivity index (χ1) is 22.4. The second kappa shape index (κ2) is 13.1. The van der Waals surface area contributed by atoms with Crippen molar-refractivity contribution in [3.8, 4) is 45.6 Å². The van der Waals surface area contributed by atoms with Crippen molar-refractivity contribution in [1.82, 2.24) is 39.9 Å². The van der Waals surface area contributed by atoms with Crippen LogP contribution in [0.15, 0.2) is 60.9 Å². The Morgan fingerprint density at radius 2 is 1.15 bits per heavy atom. The lowest BCUT2D eigenvalue weighted by atomic mass is 10.0. The smallest absolute Gasteiger partial charge is 0.339 e. The van der Waals surface area contributed by atoms with Gasteiger partial charge >= 0.3 is 11.9 Å². The molecule has 2 aromatic carbocycles. The maximum absolute atomic E-state index is 14.1. The minimum absolute atomic E-state index is 0.0714. The standard InChI is InChI=1S/C32H32N8O7/c1-5-17(3)40(18(4)6-2)30(43)19-13-22(24-15-38(36-34-24)26-11-7-9-20(28(26)41)31(44)45)33-23(14-19)25-16-39(37-35-25)27-12-8-10-21(29(27)42)32(46)47/h7-18,41-42H,5-6H2,1-4H3,(H,44,45)(H,46,47). The highest BCUT2D eigenvalue weighted by atomic mass is 16.4. The van der Waals surface area contributed by atoms with Gasteiger partial charge in [0.15, 0.2) is 11.5 Å². The molecule has 1 amide bonds. The average Bonchev–Trinajstić information content (AvgIpc) is 3.75. The van der Waals surface area contributed by atoms with Crippen molar-refractivity contribution < 1.29 is 34.8 Å². The fraction of sp³-hybridized carbons (Fsp3) is 0.250. The van der Waals surface area contributed by atoms with Crippen molar-refractivity contribution in [3.05, 3.63) is 77.6 Å². The normalized spacial score (nSPS) is 12.4. The first-order valence-corrected chi connectivity index (χ1v) is 14.8. The van der Waals surface area contributed by atoms with Crippen LogP contribution in [0.3, 0.4) is 0 Å². The Balaban J connectivity index is 1.64. The molecule has 15 heteroatoms.